The number of carbonyl (C=O) groups excluding carboxylic acids is 1. The standard InChI is InChI=1S/C9H14F2NO2/c1-8(2,3)14-7(13)12-5-4-9(10,11)6-12/h5H,4,6H2,1-3H3. The molecule has 1 aliphatic rings. The van der Waals surface area contributed by atoms with Crippen molar-refractivity contribution < 1.29 is 18.3 Å². The number of nitrogens with zero attached hydrogens (tertiary/aromatic N) is 1. The first-order valence-corrected chi connectivity index (χ1v) is 4.40. The summed E-state index contributed by atoms with van der Waals surface area (Å²) in [4.78, 5) is 12.2. The van der Waals surface area contributed by atoms with Crippen LogP contribution in [-0.4, -0.2) is 29.1 Å². The number of ether oxygens (including phenoxy) is 1. The average Bonchev–Trinajstić information content (AvgIpc) is 2.26. The highest BCUT2D eigenvalue weighted by molar-refractivity contribution is 5.69. The average molecular weight is 206 g/mol. The Morgan fingerprint density at radius 2 is 2.07 bits per heavy atom. The molecule has 0 atom stereocenters. The van der Waals surface area contributed by atoms with Crippen molar-refractivity contribution in [3.05, 3.63) is 6.54 Å². The van der Waals surface area contributed by atoms with Gasteiger partial charge in [0.25, 0.3) is 5.92 Å². The lowest BCUT2D eigenvalue weighted by atomic mass is 10.2. The van der Waals surface area contributed by atoms with E-state index >= 15 is 0 Å². The molecule has 0 N–H and O–H groups in total. The van der Waals surface area contributed by atoms with E-state index in [2.05, 4.69) is 0 Å². The summed E-state index contributed by atoms with van der Waals surface area (Å²) >= 11 is 0. The van der Waals surface area contributed by atoms with Gasteiger partial charge in [-0.3, -0.25) is 4.90 Å². The first-order chi connectivity index (χ1) is 6.20. The predicted octanol–water partition coefficient (Wildman–Crippen LogP) is 2.42. The molecule has 81 valence electrons. The van der Waals surface area contributed by atoms with E-state index < -0.39 is 30.6 Å². The van der Waals surface area contributed by atoms with Crippen LogP contribution in [-0.2, 0) is 4.74 Å². The van der Waals surface area contributed by atoms with Crippen LogP contribution in [0.1, 0.15) is 27.2 Å². The SMILES string of the molecule is CC(C)(C)OC(=O)N1[CH]CC(F)(F)C1. The van der Waals surface area contributed by atoms with Crippen LogP contribution in [0.25, 0.3) is 0 Å². The fraction of sp³-hybridized carbons (Fsp3) is 0.778. The van der Waals surface area contributed by atoms with Gasteiger partial charge in [-0.05, 0) is 20.8 Å². The van der Waals surface area contributed by atoms with Crippen molar-refractivity contribution in [3.8, 4) is 0 Å². The van der Waals surface area contributed by atoms with Crippen molar-refractivity contribution >= 4 is 6.09 Å². The molecule has 1 saturated heterocycles. The van der Waals surface area contributed by atoms with Gasteiger partial charge >= 0.3 is 6.09 Å². The molecule has 0 spiro atoms. The molecule has 0 bridgehead atoms. The zero-order chi connectivity index (χ0) is 11.0. The van der Waals surface area contributed by atoms with E-state index in [1.807, 2.05) is 0 Å². The molecule has 14 heavy (non-hydrogen) atoms. The van der Waals surface area contributed by atoms with Crippen LogP contribution in [0, 0.1) is 6.54 Å². The summed E-state index contributed by atoms with van der Waals surface area (Å²) in [6.45, 7) is 5.67. The van der Waals surface area contributed by atoms with Gasteiger partial charge in [0, 0.05) is 6.42 Å². The Morgan fingerprint density at radius 1 is 1.50 bits per heavy atom. The molecular weight excluding hydrogens is 192 g/mol. The number of hydrogen-bond donors (Lipinski definition) is 0. The lowest BCUT2D eigenvalue weighted by molar-refractivity contribution is -0.00166. The molecule has 1 heterocycles. The fourth-order valence-electron chi connectivity index (χ4n) is 1.08. The molecule has 1 fully saturated rings. The lowest BCUT2D eigenvalue weighted by Crippen LogP contribution is -2.35. The summed E-state index contributed by atoms with van der Waals surface area (Å²) < 4.78 is 30.4. The molecule has 0 aromatic heterocycles. The van der Waals surface area contributed by atoms with Gasteiger partial charge in [0.2, 0.25) is 0 Å². The van der Waals surface area contributed by atoms with E-state index in [9.17, 15) is 13.6 Å². The van der Waals surface area contributed by atoms with Crippen LogP contribution in [0.3, 0.4) is 0 Å². The summed E-state index contributed by atoms with van der Waals surface area (Å²) in [5.41, 5.74) is -0.650. The van der Waals surface area contributed by atoms with E-state index in [0.29, 0.717) is 0 Å². The van der Waals surface area contributed by atoms with E-state index in [0.717, 1.165) is 4.90 Å². The van der Waals surface area contributed by atoms with Crippen molar-refractivity contribution in [2.75, 3.05) is 6.54 Å². The van der Waals surface area contributed by atoms with Gasteiger partial charge in [0.15, 0.2) is 0 Å². The topological polar surface area (TPSA) is 29.5 Å². The Hall–Kier alpha value is -0.870. The molecule has 0 unspecified atom stereocenters. The Morgan fingerprint density at radius 3 is 2.43 bits per heavy atom. The Bertz CT molecular complexity index is 235. The maximum absolute atomic E-state index is 12.7. The van der Waals surface area contributed by atoms with Crippen LogP contribution >= 0.6 is 0 Å². The second kappa shape index (κ2) is 3.37. The van der Waals surface area contributed by atoms with Gasteiger partial charge < -0.3 is 4.74 Å². The molecular formula is C9H14F2NO2. The summed E-state index contributed by atoms with van der Waals surface area (Å²) in [5.74, 6) is -2.81. The first-order valence-electron chi connectivity index (χ1n) is 4.40. The number of halogens is 2. The summed E-state index contributed by atoms with van der Waals surface area (Å²) in [6, 6.07) is 0. The third kappa shape index (κ3) is 3.12. The van der Waals surface area contributed by atoms with Crippen LogP contribution in [0.2, 0.25) is 0 Å². The Kier molecular flexibility index (Phi) is 2.69. The van der Waals surface area contributed by atoms with Crippen LogP contribution in [0.4, 0.5) is 13.6 Å². The highest BCUT2D eigenvalue weighted by Crippen LogP contribution is 2.30. The molecule has 1 amide bonds. The molecule has 0 saturated carbocycles. The van der Waals surface area contributed by atoms with Crippen LogP contribution < -0.4 is 0 Å². The quantitative estimate of drug-likeness (QED) is 0.609. The zero-order valence-corrected chi connectivity index (χ0v) is 8.51. The molecule has 3 nitrogen and oxygen atoms in total. The lowest BCUT2D eigenvalue weighted by Gasteiger charge is -2.23. The second-order valence-corrected chi connectivity index (χ2v) is 4.35. The monoisotopic (exact) mass is 206 g/mol. The van der Waals surface area contributed by atoms with Crippen molar-refractivity contribution in [2.24, 2.45) is 0 Å². The number of likely N-dealkylation sites (tertiary alicyclic amines) is 1. The summed E-state index contributed by atoms with van der Waals surface area (Å²) in [7, 11) is 0. The molecule has 0 aliphatic carbocycles. The van der Waals surface area contributed by atoms with E-state index in [4.69, 9.17) is 4.74 Å². The number of alkyl halides is 2. The van der Waals surface area contributed by atoms with Gasteiger partial charge in [-0.2, -0.15) is 0 Å². The number of amides is 1. The number of rotatable bonds is 0. The molecule has 1 rings (SSSR count). The molecule has 1 aliphatic heterocycles. The van der Waals surface area contributed by atoms with Crippen LogP contribution in [0.15, 0.2) is 0 Å². The second-order valence-electron chi connectivity index (χ2n) is 4.35. The Labute approximate surface area is 82.0 Å². The van der Waals surface area contributed by atoms with Crippen molar-refractivity contribution in [1.29, 1.82) is 0 Å². The van der Waals surface area contributed by atoms with Crippen molar-refractivity contribution in [3.63, 3.8) is 0 Å². The minimum Gasteiger partial charge on any atom is -0.444 e. The van der Waals surface area contributed by atoms with Gasteiger partial charge in [0.05, 0.1) is 13.1 Å². The smallest absolute Gasteiger partial charge is 0.410 e. The minimum atomic E-state index is -2.81. The third-order valence-electron chi connectivity index (χ3n) is 1.64. The van der Waals surface area contributed by atoms with E-state index in [1.165, 1.54) is 6.54 Å². The maximum Gasteiger partial charge on any atom is 0.410 e. The highest BCUT2D eigenvalue weighted by Gasteiger charge is 2.42. The van der Waals surface area contributed by atoms with Crippen LogP contribution in [0.5, 0.6) is 0 Å². The number of carbonyl (C=O) groups is 1. The van der Waals surface area contributed by atoms with Gasteiger partial charge in [-0.15, -0.1) is 0 Å². The largest absolute Gasteiger partial charge is 0.444 e. The highest BCUT2D eigenvalue weighted by atomic mass is 19.3. The molecule has 0 aromatic rings. The van der Waals surface area contributed by atoms with E-state index in [-0.39, 0.29) is 0 Å². The zero-order valence-electron chi connectivity index (χ0n) is 8.51. The number of hydrogen-bond acceptors (Lipinski definition) is 2. The minimum absolute atomic E-state index is 0.397. The summed E-state index contributed by atoms with van der Waals surface area (Å²) in [6.07, 6.45) is -1.11. The van der Waals surface area contributed by atoms with Gasteiger partial charge in [-0.25, -0.2) is 13.6 Å². The molecule has 0 aromatic carbocycles. The Balaban J connectivity index is 2.48. The molecule has 1 radical (unpaired) electrons. The van der Waals surface area contributed by atoms with E-state index in [1.54, 1.807) is 20.8 Å². The van der Waals surface area contributed by atoms with Crippen molar-refractivity contribution in [2.45, 2.75) is 38.7 Å². The third-order valence-corrected chi connectivity index (χ3v) is 1.64. The maximum atomic E-state index is 12.7. The van der Waals surface area contributed by atoms with Gasteiger partial charge in [0.1, 0.15) is 5.60 Å². The normalized spacial score (nSPS) is 21.1. The van der Waals surface area contributed by atoms with Crippen molar-refractivity contribution in [1.82, 2.24) is 4.90 Å². The first kappa shape index (κ1) is 11.2. The fourth-order valence-corrected chi connectivity index (χ4v) is 1.08. The summed E-state index contributed by atoms with van der Waals surface area (Å²) in [5, 5.41) is 0. The molecule has 5 heteroatoms. The van der Waals surface area contributed by atoms with Gasteiger partial charge in [-0.1, -0.05) is 0 Å². The predicted molar refractivity (Wildman–Crippen MR) is 46.8 cm³/mol.